The highest BCUT2D eigenvalue weighted by Crippen LogP contribution is 2.32. The summed E-state index contributed by atoms with van der Waals surface area (Å²) in [6.07, 6.45) is 3.22. The normalized spacial score (nSPS) is 14.3. The van der Waals surface area contributed by atoms with Gasteiger partial charge in [-0.15, -0.1) is 0 Å². The van der Waals surface area contributed by atoms with Gasteiger partial charge in [-0.05, 0) is 54.8 Å². The molecule has 1 saturated heterocycles. The lowest BCUT2D eigenvalue weighted by Crippen LogP contribution is -2.45. The molecule has 5 rings (SSSR count). The number of anilines is 4. The molecule has 0 aliphatic carbocycles. The van der Waals surface area contributed by atoms with Crippen molar-refractivity contribution in [1.82, 2.24) is 24.8 Å². The van der Waals surface area contributed by atoms with Gasteiger partial charge >= 0.3 is 0 Å². The molecule has 2 aromatic carbocycles. The summed E-state index contributed by atoms with van der Waals surface area (Å²) in [6.45, 7) is 12.0. The van der Waals surface area contributed by atoms with Crippen LogP contribution in [0.4, 0.5) is 23.1 Å². The minimum atomic E-state index is -0.236. The second kappa shape index (κ2) is 11.1. The standard InChI is InChI=1S/C30H36N8O2/c1-19-7-8-20(28(39)35-23-16-21(30(2,3)4)9-10-25(23)40-6)15-22(19)34-27-26-24(32-18-33-27)17-31-29(36-26)38-13-11-37(5)12-14-38/h7-10,15-18H,11-14H2,1-6H3,(H,35,39)(H,32,33,34). The Morgan fingerprint density at radius 1 is 0.975 bits per heavy atom. The number of ether oxygens (including phenoxy) is 1. The van der Waals surface area contributed by atoms with Crippen molar-refractivity contribution in [3.8, 4) is 5.75 Å². The monoisotopic (exact) mass is 540 g/mol. The van der Waals surface area contributed by atoms with Crippen LogP contribution in [0.5, 0.6) is 5.75 Å². The van der Waals surface area contributed by atoms with E-state index in [2.05, 4.69) is 63.2 Å². The molecule has 1 aliphatic rings. The highest BCUT2D eigenvalue weighted by molar-refractivity contribution is 6.06. The molecule has 0 radical (unpaired) electrons. The number of aromatic nitrogens is 4. The molecule has 1 amide bonds. The lowest BCUT2D eigenvalue weighted by atomic mass is 9.87. The van der Waals surface area contributed by atoms with Crippen molar-refractivity contribution in [2.45, 2.75) is 33.1 Å². The summed E-state index contributed by atoms with van der Waals surface area (Å²) in [5.74, 6) is 1.59. The van der Waals surface area contributed by atoms with E-state index >= 15 is 0 Å². The number of carbonyl (C=O) groups excluding carboxylic acids is 1. The number of likely N-dealkylation sites (N-methyl/N-ethyl adjacent to an activating group) is 1. The third kappa shape index (κ3) is 5.81. The van der Waals surface area contributed by atoms with Crippen molar-refractivity contribution in [3.05, 3.63) is 65.6 Å². The summed E-state index contributed by atoms with van der Waals surface area (Å²) in [7, 11) is 3.71. The Hall–Kier alpha value is -4.31. The van der Waals surface area contributed by atoms with Crippen LogP contribution in [0.1, 0.15) is 42.3 Å². The van der Waals surface area contributed by atoms with E-state index in [-0.39, 0.29) is 11.3 Å². The maximum absolute atomic E-state index is 13.4. The van der Waals surface area contributed by atoms with Gasteiger partial charge in [0.2, 0.25) is 5.95 Å². The molecule has 0 atom stereocenters. The number of rotatable bonds is 6. The van der Waals surface area contributed by atoms with Crippen molar-refractivity contribution >= 4 is 40.1 Å². The number of hydrogen-bond donors (Lipinski definition) is 2. The SMILES string of the molecule is COc1ccc(C(C)(C)C)cc1NC(=O)c1ccc(C)c(Nc2ncnc3cnc(N4CCN(C)CC4)nc23)c1. The number of fused-ring (bicyclic) bond motifs is 1. The molecule has 3 heterocycles. The molecule has 10 nitrogen and oxygen atoms in total. The number of nitrogens with one attached hydrogen (secondary N) is 2. The second-order valence-electron chi connectivity index (χ2n) is 11.2. The van der Waals surface area contributed by atoms with Gasteiger partial charge in [-0.25, -0.2) is 19.9 Å². The molecule has 40 heavy (non-hydrogen) atoms. The van der Waals surface area contributed by atoms with Crippen LogP contribution in [-0.2, 0) is 5.41 Å². The summed E-state index contributed by atoms with van der Waals surface area (Å²) in [4.78, 5) is 36.0. The van der Waals surface area contributed by atoms with Crippen molar-refractivity contribution in [2.24, 2.45) is 0 Å². The molecule has 10 heteroatoms. The van der Waals surface area contributed by atoms with Crippen molar-refractivity contribution in [3.63, 3.8) is 0 Å². The van der Waals surface area contributed by atoms with Gasteiger partial charge in [0.15, 0.2) is 5.82 Å². The maximum atomic E-state index is 13.4. The van der Waals surface area contributed by atoms with E-state index in [1.165, 1.54) is 6.33 Å². The van der Waals surface area contributed by atoms with Crippen molar-refractivity contribution in [1.29, 1.82) is 0 Å². The number of amides is 1. The lowest BCUT2D eigenvalue weighted by Gasteiger charge is -2.32. The Morgan fingerprint density at radius 3 is 2.48 bits per heavy atom. The van der Waals surface area contributed by atoms with E-state index in [1.807, 2.05) is 43.3 Å². The smallest absolute Gasteiger partial charge is 0.255 e. The number of carbonyl (C=O) groups is 1. The third-order valence-electron chi connectivity index (χ3n) is 7.22. The first-order valence-electron chi connectivity index (χ1n) is 13.4. The van der Waals surface area contributed by atoms with Crippen molar-refractivity contribution < 1.29 is 9.53 Å². The number of methoxy groups -OCH3 is 1. The second-order valence-corrected chi connectivity index (χ2v) is 11.2. The number of nitrogens with zero attached hydrogens (tertiary/aromatic N) is 6. The predicted octanol–water partition coefficient (Wildman–Crippen LogP) is 4.78. The minimum absolute atomic E-state index is 0.0687. The Morgan fingerprint density at radius 2 is 1.75 bits per heavy atom. The zero-order valence-corrected chi connectivity index (χ0v) is 23.9. The van der Waals surface area contributed by atoms with Gasteiger partial charge in [0.1, 0.15) is 23.1 Å². The van der Waals surface area contributed by atoms with Gasteiger partial charge in [0.25, 0.3) is 5.91 Å². The average Bonchev–Trinajstić information content (AvgIpc) is 2.94. The fourth-order valence-corrected chi connectivity index (χ4v) is 4.59. The maximum Gasteiger partial charge on any atom is 0.255 e. The Balaban J connectivity index is 1.42. The van der Waals surface area contributed by atoms with Crippen LogP contribution >= 0.6 is 0 Å². The van der Waals surface area contributed by atoms with Crippen LogP contribution in [0, 0.1) is 6.92 Å². The summed E-state index contributed by atoms with van der Waals surface area (Å²) >= 11 is 0. The van der Waals surface area contributed by atoms with Crippen LogP contribution in [0.25, 0.3) is 11.0 Å². The molecule has 208 valence electrons. The van der Waals surface area contributed by atoms with Gasteiger partial charge in [-0.3, -0.25) is 4.79 Å². The van der Waals surface area contributed by atoms with E-state index in [4.69, 9.17) is 9.72 Å². The van der Waals surface area contributed by atoms with Crippen LogP contribution in [-0.4, -0.2) is 71.1 Å². The van der Waals surface area contributed by atoms with Gasteiger partial charge in [0.05, 0.1) is 19.0 Å². The zero-order chi connectivity index (χ0) is 28.4. The summed E-state index contributed by atoms with van der Waals surface area (Å²) in [5, 5.41) is 6.42. The van der Waals surface area contributed by atoms with E-state index in [0.29, 0.717) is 39.8 Å². The highest BCUT2D eigenvalue weighted by Gasteiger charge is 2.20. The van der Waals surface area contributed by atoms with Crippen LogP contribution in [0.3, 0.4) is 0 Å². The fraction of sp³-hybridized carbons (Fsp3) is 0.367. The fourth-order valence-electron chi connectivity index (χ4n) is 4.59. The molecule has 0 spiro atoms. The topological polar surface area (TPSA) is 108 Å². The van der Waals surface area contributed by atoms with Crippen LogP contribution in [0.15, 0.2) is 48.9 Å². The highest BCUT2D eigenvalue weighted by atomic mass is 16.5. The largest absolute Gasteiger partial charge is 0.495 e. The molecular formula is C30H36N8O2. The first kappa shape index (κ1) is 27.3. The van der Waals surface area contributed by atoms with Crippen LogP contribution < -0.4 is 20.3 Å². The summed E-state index contributed by atoms with van der Waals surface area (Å²) in [6, 6.07) is 11.4. The van der Waals surface area contributed by atoms with E-state index in [0.717, 1.165) is 43.0 Å². The Labute approximate surface area is 234 Å². The minimum Gasteiger partial charge on any atom is -0.495 e. The molecule has 0 bridgehead atoms. The van der Waals surface area contributed by atoms with E-state index < -0.39 is 0 Å². The molecular weight excluding hydrogens is 504 g/mol. The first-order valence-corrected chi connectivity index (χ1v) is 13.4. The molecule has 2 N–H and O–H groups in total. The lowest BCUT2D eigenvalue weighted by molar-refractivity contribution is 0.102. The van der Waals surface area contributed by atoms with E-state index in [1.54, 1.807) is 13.3 Å². The zero-order valence-electron chi connectivity index (χ0n) is 23.9. The molecule has 1 aliphatic heterocycles. The summed E-state index contributed by atoms with van der Waals surface area (Å²) < 4.78 is 5.51. The number of piperazine rings is 1. The van der Waals surface area contributed by atoms with Gasteiger partial charge in [0, 0.05) is 37.4 Å². The van der Waals surface area contributed by atoms with Crippen LogP contribution in [0.2, 0.25) is 0 Å². The molecule has 1 fully saturated rings. The number of benzene rings is 2. The average molecular weight is 541 g/mol. The molecule has 2 aromatic heterocycles. The molecule has 0 unspecified atom stereocenters. The van der Waals surface area contributed by atoms with Crippen molar-refractivity contribution in [2.75, 3.05) is 55.9 Å². The Bertz CT molecular complexity index is 1540. The van der Waals surface area contributed by atoms with Gasteiger partial charge in [-0.2, -0.15) is 0 Å². The van der Waals surface area contributed by atoms with E-state index in [9.17, 15) is 4.79 Å². The number of hydrogen-bond acceptors (Lipinski definition) is 9. The number of aryl methyl sites for hydroxylation is 1. The molecule has 4 aromatic rings. The van der Waals surface area contributed by atoms with Gasteiger partial charge < -0.3 is 25.2 Å². The van der Waals surface area contributed by atoms with Gasteiger partial charge in [-0.1, -0.05) is 32.9 Å². The quantitative estimate of drug-likeness (QED) is 0.357. The Kier molecular flexibility index (Phi) is 7.53. The predicted molar refractivity (Wildman–Crippen MR) is 159 cm³/mol. The summed E-state index contributed by atoms with van der Waals surface area (Å²) in [5.41, 5.74) is 5.15. The third-order valence-corrected chi connectivity index (χ3v) is 7.22. The molecule has 0 saturated carbocycles. The first-order chi connectivity index (χ1) is 19.1.